The van der Waals surface area contributed by atoms with Crippen LogP contribution in [0.3, 0.4) is 0 Å². The van der Waals surface area contributed by atoms with E-state index >= 15 is 0 Å². The molecule has 3 N–H and O–H groups in total. The fraction of sp³-hybridized carbons (Fsp3) is 0.194. The van der Waals surface area contributed by atoms with E-state index in [2.05, 4.69) is 32.3 Å². The number of aromatic amines is 3. The predicted octanol–water partition coefficient (Wildman–Crippen LogP) is 7.26. The molecule has 0 unspecified atom stereocenters. The molecular formula is C31H30Cl2N6O4. The number of halogens is 2. The van der Waals surface area contributed by atoms with E-state index in [1.165, 1.54) is 17.8 Å². The largest absolute Gasteiger partial charge is 0.461 e. The van der Waals surface area contributed by atoms with Gasteiger partial charge in [-0.15, -0.1) is 0 Å². The molecule has 3 aromatic heterocycles. The number of aryl methyl sites for hydroxylation is 1. The highest BCUT2D eigenvalue weighted by molar-refractivity contribution is 6.30. The molecule has 222 valence electrons. The van der Waals surface area contributed by atoms with Gasteiger partial charge in [-0.05, 0) is 62.2 Å². The van der Waals surface area contributed by atoms with Gasteiger partial charge in [-0.3, -0.25) is 0 Å². The summed E-state index contributed by atoms with van der Waals surface area (Å²) in [5, 5.41) is 20.9. The molecule has 0 bridgehead atoms. The normalized spacial score (nSPS) is 9.95. The molecule has 0 aliphatic rings. The fourth-order valence-electron chi connectivity index (χ4n) is 3.60. The van der Waals surface area contributed by atoms with Crippen LogP contribution in [0.15, 0.2) is 73.1 Å². The van der Waals surface area contributed by atoms with Crippen LogP contribution in [0.2, 0.25) is 10.0 Å². The second-order valence-corrected chi connectivity index (χ2v) is 9.54. The first-order valence-corrected chi connectivity index (χ1v) is 14.1. The summed E-state index contributed by atoms with van der Waals surface area (Å²) >= 11 is 11.6. The van der Waals surface area contributed by atoms with Crippen molar-refractivity contribution in [3.8, 4) is 28.6 Å². The van der Waals surface area contributed by atoms with Gasteiger partial charge in [0.15, 0.2) is 0 Å². The molecule has 0 atom stereocenters. The van der Waals surface area contributed by atoms with Crippen LogP contribution in [-0.2, 0) is 15.9 Å². The first kappa shape index (κ1) is 32.7. The zero-order chi connectivity index (χ0) is 31.2. The quantitative estimate of drug-likeness (QED) is 0.162. The number of H-pyrrole nitrogens is 3. The SMILES string of the molecule is CCOC(=O)c1cc(-c2n[nH]nc2-c2ccc(Cl)cc2)c[nH]1.CCOC(=O)c1cc(C#N)c[nH]1.CCc1ccc(Cl)cc1. The number of carbonyl (C=O) groups is 2. The average Bonchev–Trinajstić information content (AvgIpc) is 3.80. The Bertz CT molecular complexity index is 1650. The third-order valence-corrected chi connectivity index (χ3v) is 6.25. The Morgan fingerprint density at radius 2 is 1.28 bits per heavy atom. The van der Waals surface area contributed by atoms with E-state index in [4.69, 9.17) is 37.9 Å². The van der Waals surface area contributed by atoms with Crippen LogP contribution < -0.4 is 0 Å². The summed E-state index contributed by atoms with van der Waals surface area (Å²) < 4.78 is 9.66. The molecule has 0 spiro atoms. The van der Waals surface area contributed by atoms with Gasteiger partial charge in [0.2, 0.25) is 0 Å². The van der Waals surface area contributed by atoms with E-state index in [9.17, 15) is 9.59 Å². The Balaban J connectivity index is 0.000000202. The number of nitrogens with zero attached hydrogens (tertiary/aromatic N) is 3. The molecule has 2 aromatic carbocycles. The lowest BCUT2D eigenvalue weighted by atomic mass is 10.1. The van der Waals surface area contributed by atoms with Crippen molar-refractivity contribution >= 4 is 35.1 Å². The molecular weight excluding hydrogens is 591 g/mol. The molecule has 5 aromatic rings. The summed E-state index contributed by atoms with van der Waals surface area (Å²) in [6.07, 6.45) is 4.24. The van der Waals surface area contributed by atoms with Crippen LogP contribution in [-0.4, -0.2) is 50.5 Å². The summed E-state index contributed by atoms with van der Waals surface area (Å²) in [5.41, 5.74) is 5.42. The zero-order valence-electron chi connectivity index (χ0n) is 23.8. The number of benzene rings is 2. The number of ether oxygens (including phenoxy) is 2. The van der Waals surface area contributed by atoms with Crippen molar-refractivity contribution in [2.24, 2.45) is 0 Å². The van der Waals surface area contributed by atoms with Crippen molar-refractivity contribution in [1.29, 1.82) is 5.26 Å². The Labute approximate surface area is 259 Å². The maximum atomic E-state index is 11.7. The van der Waals surface area contributed by atoms with Crippen LogP contribution in [0, 0.1) is 11.3 Å². The van der Waals surface area contributed by atoms with E-state index in [1.54, 1.807) is 38.2 Å². The van der Waals surface area contributed by atoms with E-state index in [0.717, 1.165) is 22.6 Å². The molecule has 12 heteroatoms. The van der Waals surface area contributed by atoms with Gasteiger partial charge in [0.25, 0.3) is 0 Å². The van der Waals surface area contributed by atoms with Crippen LogP contribution >= 0.6 is 23.2 Å². The minimum Gasteiger partial charge on any atom is -0.461 e. The maximum absolute atomic E-state index is 11.7. The summed E-state index contributed by atoms with van der Waals surface area (Å²) in [5.74, 6) is -0.829. The number of nitrogens with one attached hydrogen (secondary N) is 3. The molecule has 0 saturated heterocycles. The molecule has 43 heavy (non-hydrogen) atoms. The van der Waals surface area contributed by atoms with Crippen LogP contribution in [0.1, 0.15) is 52.9 Å². The number of carbonyl (C=O) groups excluding carboxylic acids is 2. The average molecular weight is 622 g/mol. The summed E-state index contributed by atoms with van der Waals surface area (Å²) in [4.78, 5) is 28.3. The van der Waals surface area contributed by atoms with Gasteiger partial charge in [0.05, 0.1) is 18.8 Å². The number of esters is 2. The fourth-order valence-corrected chi connectivity index (χ4v) is 3.86. The number of aromatic nitrogens is 5. The van der Waals surface area contributed by atoms with E-state index in [-0.39, 0.29) is 0 Å². The van der Waals surface area contributed by atoms with Gasteiger partial charge >= 0.3 is 11.9 Å². The lowest BCUT2D eigenvalue weighted by Gasteiger charge is -1.99. The van der Waals surface area contributed by atoms with Crippen LogP contribution in [0.4, 0.5) is 0 Å². The molecule has 0 aliphatic carbocycles. The van der Waals surface area contributed by atoms with Gasteiger partial charge in [0.1, 0.15) is 28.8 Å². The van der Waals surface area contributed by atoms with E-state index in [1.807, 2.05) is 42.5 Å². The van der Waals surface area contributed by atoms with Gasteiger partial charge in [0, 0.05) is 33.6 Å². The molecule has 0 fully saturated rings. The standard InChI is InChI=1S/C15H13ClN4O2.C8H9Cl.C8H8N2O2/c1-2-22-15(21)12-7-10(8-17-12)14-13(18-20-19-14)9-3-5-11(16)6-4-9;1-2-7-3-5-8(9)6-4-7;1-2-12-8(11)7-3-6(4-9)5-10-7/h3-8,17H,2H2,1H3,(H,18,19,20);3-6H,2H2,1H3;3,5,10H,2H2,1H3. The summed E-state index contributed by atoms with van der Waals surface area (Å²) in [6, 6.07) is 20.3. The van der Waals surface area contributed by atoms with Crippen molar-refractivity contribution in [3.63, 3.8) is 0 Å². The Hall–Kier alpha value is -4.85. The second kappa shape index (κ2) is 16.6. The third kappa shape index (κ3) is 9.60. The molecule has 0 aliphatic heterocycles. The molecule has 0 saturated carbocycles. The van der Waals surface area contributed by atoms with E-state index < -0.39 is 11.9 Å². The molecule has 0 amide bonds. The topological polar surface area (TPSA) is 150 Å². The third-order valence-electron chi connectivity index (χ3n) is 5.75. The van der Waals surface area contributed by atoms with Crippen molar-refractivity contribution in [1.82, 2.24) is 25.4 Å². The number of rotatable bonds is 7. The van der Waals surface area contributed by atoms with Crippen LogP contribution in [0.25, 0.3) is 22.5 Å². The van der Waals surface area contributed by atoms with Gasteiger partial charge < -0.3 is 19.4 Å². The van der Waals surface area contributed by atoms with Gasteiger partial charge in [-0.1, -0.05) is 54.4 Å². The first-order chi connectivity index (χ1) is 20.8. The molecule has 0 radical (unpaired) electrons. The monoisotopic (exact) mass is 620 g/mol. The molecule has 5 rings (SSSR count). The van der Waals surface area contributed by atoms with Crippen molar-refractivity contribution in [2.45, 2.75) is 27.2 Å². The number of hydrogen-bond acceptors (Lipinski definition) is 7. The van der Waals surface area contributed by atoms with Crippen LogP contribution in [0.5, 0.6) is 0 Å². The minimum absolute atomic E-state index is 0.313. The predicted molar refractivity (Wildman–Crippen MR) is 165 cm³/mol. The molecule has 3 heterocycles. The highest BCUT2D eigenvalue weighted by atomic mass is 35.5. The maximum Gasteiger partial charge on any atom is 0.354 e. The molecule has 10 nitrogen and oxygen atoms in total. The van der Waals surface area contributed by atoms with E-state index in [0.29, 0.717) is 46.6 Å². The lowest BCUT2D eigenvalue weighted by Crippen LogP contribution is -2.04. The van der Waals surface area contributed by atoms with Gasteiger partial charge in [-0.2, -0.15) is 20.7 Å². The Kier molecular flexibility index (Phi) is 12.6. The van der Waals surface area contributed by atoms with Crippen molar-refractivity contribution in [2.75, 3.05) is 13.2 Å². The lowest BCUT2D eigenvalue weighted by molar-refractivity contribution is 0.0511. The van der Waals surface area contributed by atoms with Gasteiger partial charge in [-0.25, -0.2) is 9.59 Å². The zero-order valence-corrected chi connectivity index (χ0v) is 25.3. The Morgan fingerprint density at radius 1 is 0.767 bits per heavy atom. The first-order valence-electron chi connectivity index (χ1n) is 13.3. The van der Waals surface area contributed by atoms with Crippen molar-refractivity contribution < 1.29 is 19.1 Å². The number of hydrogen-bond donors (Lipinski definition) is 3. The highest BCUT2D eigenvalue weighted by Crippen LogP contribution is 2.29. The van der Waals surface area contributed by atoms with Crippen molar-refractivity contribution in [3.05, 3.63) is 106 Å². The minimum atomic E-state index is -0.431. The second-order valence-electron chi connectivity index (χ2n) is 8.66. The summed E-state index contributed by atoms with van der Waals surface area (Å²) in [6.45, 7) is 6.28. The smallest absolute Gasteiger partial charge is 0.354 e. The summed E-state index contributed by atoms with van der Waals surface area (Å²) in [7, 11) is 0. The number of nitriles is 1. The Morgan fingerprint density at radius 3 is 1.79 bits per heavy atom. The highest BCUT2D eigenvalue weighted by Gasteiger charge is 2.16.